The molecule has 0 unspecified atom stereocenters. The molecular weight excluding hydrogens is 197 g/mol. The molecule has 0 aliphatic carbocycles. The fourth-order valence-corrected chi connectivity index (χ4v) is 2.22. The Labute approximate surface area is 86.2 Å². The van der Waals surface area contributed by atoms with Gasteiger partial charge in [0.2, 0.25) is 5.95 Å². The first-order valence-electron chi connectivity index (χ1n) is 4.50. The van der Waals surface area contributed by atoms with Crippen LogP contribution >= 0.6 is 11.3 Å². The van der Waals surface area contributed by atoms with E-state index >= 15 is 0 Å². The molecule has 2 heterocycles. The molecular formula is C11H10FNS. The molecule has 0 aliphatic rings. The summed E-state index contributed by atoms with van der Waals surface area (Å²) in [5.74, 6) is -0.422. The normalized spacial score (nSPS) is 10.4. The summed E-state index contributed by atoms with van der Waals surface area (Å²) in [7, 11) is 0. The highest BCUT2D eigenvalue weighted by Crippen LogP contribution is 2.28. The van der Waals surface area contributed by atoms with E-state index in [0.717, 1.165) is 16.9 Å². The number of aryl methyl sites for hydroxylation is 1. The summed E-state index contributed by atoms with van der Waals surface area (Å²) in [6.07, 6.45) is 2.52. The third-order valence-corrected chi connectivity index (χ3v) is 3.30. The summed E-state index contributed by atoms with van der Waals surface area (Å²) in [4.78, 5) is 5.95. The predicted molar refractivity (Wildman–Crippen MR) is 56.9 cm³/mol. The highest BCUT2D eigenvalue weighted by molar-refractivity contribution is 7.15. The number of hydrogen-bond donors (Lipinski definition) is 0. The van der Waals surface area contributed by atoms with Gasteiger partial charge in [-0.05, 0) is 30.2 Å². The van der Waals surface area contributed by atoms with Gasteiger partial charge in [0.05, 0.1) is 0 Å². The van der Waals surface area contributed by atoms with Gasteiger partial charge in [-0.2, -0.15) is 4.39 Å². The van der Waals surface area contributed by atoms with Crippen molar-refractivity contribution in [1.29, 1.82) is 0 Å². The molecule has 1 nitrogen and oxygen atoms in total. The first-order valence-corrected chi connectivity index (χ1v) is 5.32. The van der Waals surface area contributed by atoms with Crippen LogP contribution in [0.5, 0.6) is 0 Å². The molecule has 3 heteroatoms. The molecule has 0 bridgehead atoms. The molecule has 0 saturated heterocycles. The molecule has 2 rings (SSSR count). The Morgan fingerprint density at radius 1 is 1.36 bits per heavy atom. The zero-order chi connectivity index (χ0) is 9.97. The van der Waals surface area contributed by atoms with Gasteiger partial charge in [0.25, 0.3) is 0 Å². The number of halogens is 1. The van der Waals surface area contributed by atoms with Crippen LogP contribution in [0, 0.1) is 5.95 Å². The molecule has 14 heavy (non-hydrogen) atoms. The van der Waals surface area contributed by atoms with Crippen LogP contribution in [-0.4, -0.2) is 4.98 Å². The largest absolute Gasteiger partial charge is 0.228 e. The van der Waals surface area contributed by atoms with Gasteiger partial charge in [-0.25, -0.2) is 4.98 Å². The van der Waals surface area contributed by atoms with Crippen LogP contribution in [0.4, 0.5) is 4.39 Å². The minimum Gasteiger partial charge on any atom is -0.228 e. The Morgan fingerprint density at radius 3 is 2.86 bits per heavy atom. The second-order valence-electron chi connectivity index (χ2n) is 2.99. The average Bonchev–Trinajstić information content (AvgIpc) is 2.66. The highest BCUT2D eigenvalue weighted by atomic mass is 32.1. The summed E-state index contributed by atoms with van der Waals surface area (Å²) in [5, 5.41) is 0. The minimum atomic E-state index is -0.422. The van der Waals surface area contributed by atoms with Crippen LogP contribution < -0.4 is 0 Å². The van der Waals surface area contributed by atoms with Gasteiger partial charge in [0.1, 0.15) is 0 Å². The molecule has 0 radical (unpaired) electrons. The molecule has 72 valence electrons. The number of thiophene rings is 1. The van der Waals surface area contributed by atoms with Gasteiger partial charge < -0.3 is 0 Å². The molecule has 2 aromatic rings. The Kier molecular flexibility index (Phi) is 2.59. The molecule has 0 N–H and O–H groups in total. The lowest BCUT2D eigenvalue weighted by molar-refractivity contribution is 0.584. The number of nitrogens with zero attached hydrogens (tertiary/aromatic N) is 1. The van der Waals surface area contributed by atoms with E-state index in [4.69, 9.17) is 0 Å². The van der Waals surface area contributed by atoms with Crippen molar-refractivity contribution in [3.05, 3.63) is 41.3 Å². The van der Waals surface area contributed by atoms with E-state index in [2.05, 4.69) is 18.0 Å². The smallest absolute Gasteiger partial charge is 0.213 e. The van der Waals surface area contributed by atoms with Crippen LogP contribution in [-0.2, 0) is 6.42 Å². The third kappa shape index (κ3) is 1.82. The van der Waals surface area contributed by atoms with Crippen LogP contribution in [0.2, 0.25) is 0 Å². The van der Waals surface area contributed by atoms with Crippen molar-refractivity contribution >= 4 is 11.3 Å². The van der Waals surface area contributed by atoms with Crippen LogP contribution in [0.3, 0.4) is 0 Å². The molecule has 0 atom stereocenters. The van der Waals surface area contributed by atoms with Gasteiger partial charge in [-0.1, -0.05) is 6.92 Å². The third-order valence-electron chi connectivity index (χ3n) is 2.02. The fraction of sp³-hybridized carbons (Fsp3) is 0.182. The standard InChI is InChI=1S/C11H10FNS/c1-2-9-3-4-10(14-9)8-5-6-13-11(12)7-8/h3-7H,2H2,1H3. The Hall–Kier alpha value is -1.22. The maximum atomic E-state index is 12.8. The Morgan fingerprint density at radius 2 is 2.21 bits per heavy atom. The lowest BCUT2D eigenvalue weighted by Gasteiger charge is -1.95. The summed E-state index contributed by atoms with van der Waals surface area (Å²) in [5.41, 5.74) is 0.905. The van der Waals surface area contributed by atoms with E-state index in [-0.39, 0.29) is 0 Å². The van der Waals surface area contributed by atoms with Crippen molar-refractivity contribution in [1.82, 2.24) is 4.98 Å². The summed E-state index contributed by atoms with van der Waals surface area (Å²) < 4.78 is 12.8. The Balaban J connectivity index is 2.39. The highest BCUT2D eigenvalue weighted by Gasteiger charge is 2.02. The van der Waals surface area contributed by atoms with Crippen molar-refractivity contribution in [2.75, 3.05) is 0 Å². The minimum absolute atomic E-state index is 0.422. The van der Waals surface area contributed by atoms with Gasteiger partial charge in [0, 0.05) is 22.0 Å². The second-order valence-corrected chi connectivity index (χ2v) is 4.16. The zero-order valence-corrected chi connectivity index (χ0v) is 8.64. The second kappa shape index (κ2) is 3.88. The number of rotatable bonds is 2. The van der Waals surface area contributed by atoms with Gasteiger partial charge in [0.15, 0.2) is 0 Å². The first kappa shape index (κ1) is 9.34. The van der Waals surface area contributed by atoms with Gasteiger partial charge >= 0.3 is 0 Å². The van der Waals surface area contributed by atoms with Crippen LogP contribution in [0.15, 0.2) is 30.5 Å². The van der Waals surface area contributed by atoms with E-state index in [9.17, 15) is 4.39 Å². The lowest BCUT2D eigenvalue weighted by Crippen LogP contribution is -1.80. The molecule has 0 fully saturated rings. The Bertz CT molecular complexity index is 436. The molecule has 0 aliphatic heterocycles. The van der Waals surface area contributed by atoms with Crippen molar-refractivity contribution < 1.29 is 4.39 Å². The SMILES string of the molecule is CCc1ccc(-c2ccnc(F)c2)s1. The molecule has 2 aromatic heterocycles. The van der Waals surface area contributed by atoms with E-state index in [1.54, 1.807) is 11.3 Å². The zero-order valence-electron chi connectivity index (χ0n) is 7.83. The maximum absolute atomic E-state index is 12.8. The van der Waals surface area contributed by atoms with Crippen molar-refractivity contribution in [3.8, 4) is 10.4 Å². The van der Waals surface area contributed by atoms with Gasteiger partial charge in [-0.15, -0.1) is 11.3 Å². The number of aromatic nitrogens is 1. The summed E-state index contributed by atoms with van der Waals surface area (Å²) in [6, 6.07) is 7.40. The molecule has 0 aromatic carbocycles. The monoisotopic (exact) mass is 207 g/mol. The topological polar surface area (TPSA) is 12.9 Å². The van der Waals surface area contributed by atoms with E-state index < -0.39 is 5.95 Å². The van der Waals surface area contributed by atoms with Crippen LogP contribution in [0.1, 0.15) is 11.8 Å². The maximum Gasteiger partial charge on any atom is 0.213 e. The summed E-state index contributed by atoms with van der Waals surface area (Å²) in [6.45, 7) is 2.11. The molecule has 0 amide bonds. The molecule has 0 spiro atoms. The van der Waals surface area contributed by atoms with E-state index in [1.165, 1.54) is 17.1 Å². The fourth-order valence-electron chi connectivity index (χ4n) is 1.28. The first-order chi connectivity index (χ1) is 6.79. The number of hydrogen-bond acceptors (Lipinski definition) is 2. The van der Waals surface area contributed by atoms with Crippen molar-refractivity contribution in [2.45, 2.75) is 13.3 Å². The number of pyridine rings is 1. The lowest BCUT2D eigenvalue weighted by atomic mass is 10.2. The predicted octanol–water partition coefficient (Wildman–Crippen LogP) is 3.51. The average molecular weight is 207 g/mol. The van der Waals surface area contributed by atoms with Crippen molar-refractivity contribution in [2.24, 2.45) is 0 Å². The van der Waals surface area contributed by atoms with Crippen LogP contribution in [0.25, 0.3) is 10.4 Å². The quantitative estimate of drug-likeness (QED) is 0.687. The molecule has 0 saturated carbocycles. The van der Waals surface area contributed by atoms with Gasteiger partial charge in [-0.3, -0.25) is 0 Å². The van der Waals surface area contributed by atoms with E-state index in [0.29, 0.717) is 0 Å². The summed E-state index contributed by atoms with van der Waals surface area (Å²) >= 11 is 1.70. The van der Waals surface area contributed by atoms with E-state index in [1.807, 2.05) is 12.1 Å². The van der Waals surface area contributed by atoms with Crippen molar-refractivity contribution in [3.63, 3.8) is 0 Å².